The van der Waals surface area contributed by atoms with Gasteiger partial charge in [-0.2, -0.15) is 5.10 Å². The number of nitrogens with zero attached hydrogens (tertiary/aromatic N) is 7. The van der Waals surface area contributed by atoms with E-state index in [0.717, 1.165) is 17.7 Å². The number of benzene rings is 1. The number of anilines is 1. The van der Waals surface area contributed by atoms with Crippen molar-refractivity contribution in [2.24, 2.45) is 11.3 Å². The highest BCUT2D eigenvalue weighted by Gasteiger charge is 2.72. The molecule has 2 amide bonds. The van der Waals surface area contributed by atoms with Crippen LogP contribution in [0.25, 0.3) is 22.0 Å². The van der Waals surface area contributed by atoms with E-state index in [9.17, 15) is 14.4 Å². The van der Waals surface area contributed by atoms with Crippen LogP contribution in [0.15, 0.2) is 53.4 Å². The minimum atomic E-state index is -0.656. The number of fused-ring (bicyclic) bond motifs is 2. The maximum Gasteiger partial charge on any atom is 0.248 e. The second-order valence-electron chi connectivity index (χ2n) is 11.9. The Balaban J connectivity index is 1.32. The zero-order valence-corrected chi connectivity index (χ0v) is 26.3. The Morgan fingerprint density at radius 3 is 2.53 bits per heavy atom. The van der Waals surface area contributed by atoms with Gasteiger partial charge in [0.25, 0.3) is 0 Å². The molecule has 1 saturated heterocycles. The molecular weight excluding hydrogens is 612 g/mol. The van der Waals surface area contributed by atoms with Crippen molar-refractivity contribution in [3.8, 4) is 11.1 Å². The van der Waals surface area contributed by atoms with Gasteiger partial charge in [-0.25, -0.2) is 15.0 Å². The molecule has 4 aromatic rings. The van der Waals surface area contributed by atoms with Crippen LogP contribution in [0.2, 0.25) is 0 Å². The average Bonchev–Trinajstić information content (AvgIpc) is 3.24. The number of hydrogen-bond acceptors (Lipinski definition) is 8. The standard InChI is InChI=1S/C31H33BrN8O3/c1-17-29-31(17,16-38(4)5)12-24(30(43)36-26-8-6-7-25(32)35-26)40(29)27(42)15-39-23-10-9-20(21-13-33-19(3)34-14-21)11-22(23)28(37-39)18(2)41/h6-11,13-14,17,24,29H,12,15-16H2,1-5H3,(H,35,36,43)/t17?,24-,29?,31-/m0/s1. The SMILES string of the molecule is CC(=O)c1nn(CC(=O)N2C3C(C)[C@@]3(CN(C)C)C[C@H]2C(=O)Nc2cccc(Br)n2)c2ccc(-c3cnc(C)nc3)cc12. The first-order valence-electron chi connectivity index (χ1n) is 14.2. The molecule has 3 aromatic heterocycles. The summed E-state index contributed by atoms with van der Waals surface area (Å²) in [7, 11) is 4.02. The molecule has 6 rings (SSSR count). The summed E-state index contributed by atoms with van der Waals surface area (Å²) in [6, 6.07) is 10.2. The lowest BCUT2D eigenvalue weighted by atomic mass is 9.95. The summed E-state index contributed by atoms with van der Waals surface area (Å²) in [4.78, 5) is 57.2. The molecule has 11 nitrogen and oxygen atoms in total. The number of hydrogen-bond donors (Lipinski definition) is 1. The lowest BCUT2D eigenvalue weighted by Gasteiger charge is -2.28. The van der Waals surface area contributed by atoms with Gasteiger partial charge in [0.2, 0.25) is 11.8 Å². The molecule has 0 spiro atoms. The zero-order chi connectivity index (χ0) is 30.6. The van der Waals surface area contributed by atoms with E-state index in [0.29, 0.717) is 33.6 Å². The molecule has 2 fully saturated rings. The van der Waals surface area contributed by atoms with Gasteiger partial charge in [0, 0.05) is 48.3 Å². The van der Waals surface area contributed by atoms with Crippen molar-refractivity contribution < 1.29 is 14.4 Å². The third-order valence-electron chi connectivity index (χ3n) is 8.72. The van der Waals surface area contributed by atoms with E-state index in [1.54, 1.807) is 40.2 Å². The molecule has 1 saturated carbocycles. The van der Waals surface area contributed by atoms with Crippen LogP contribution in [0.4, 0.5) is 5.82 Å². The average molecular weight is 646 g/mol. The molecule has 2 unspecified atom stereocenters. The quantitative estimate of drug-likeness (QED) is 0.226. The van der Waals surface area contributed by atoms with Gasteiger partial charge in [-0.15, -0.1) is 0 Å². The van der Waals surface area contributed by atoms with Crippen LogP contribution in [0, 0.1) is 18.3 Å². The van der Waals surface area contributed by atoms with Crippen LogP contribution in [-0.2, 0) is 16.1 Å². The second kappa shape index (κ2) is 10.9. The first-order valence-corrected chi connectivity index (χ1v) is 15.0. The minimum Gasteiger partial charge on any atom is -0.325 e. The molecule has 0 bridgehead atoms. The van der Waals surface area contributed by atoms with Crippen LogP contribution in [0.3, 0.4) is 0 Å². The van der Waals surface area contributed by atoms with Gasteiger partial charge >= 0.3 is 0 Å². The third-order valence-corrected chi connectivity index (χ3v) is 9.16. The summed E-state index contributed by atoms with van der Waals surface area (Å²) in [5.74, 6) is 0.648. The maximum absolute atomic E-state index is 14.1. The van der Waals surface area contributed by atoms with Crippen molar-refractivity contribution in [2.75, 3.05) is 26.0 Å². The number of halogens is 1. The number of likely N-dealkylation sites (tertiary alicyclic amines) is 1. The Hall–Kier alpha value is -4.03. The summed E-state index contributed by atoms with van der Waals surface area (Å²) in [6.45, 7) is 6.10. The molecule has 43 heavy (non-hydrogen) atoms. The minimum absolute atomic E-state index is 0.0733. The fraction of sp³-hybridized carbons (Fsp3) is 0.387. The third kappa shape index (κ3) is 5.22. The van der Waals surface area contributed by atoms with Gasteiger partial charge in [0.1, 0.15) is 34.5 Å². The Bertz CT molecular complexity index is 1750. The smallest absolute Gasteiger partial charge is 0.248 e. The predicted molar refractivity (Wildman–Crippen MR) is 165 cm³/mol. The molecule has 1 N–H and O–H groups in total. The molecule has 2 aliphatic rings. The number of ketones is 1. The Labute approximate surface area is 257 Å². The van der Waals surface area contributed by atoms with E-state index in [1.165, 1.54) is 6.92 Å². The number of pyridine rings is 1. The number of nitrogens with one attached hydrogen (secondary N) is 1. The van der Waals surface area contributed by atoms with Crippen LogP contribution >= 0.6 is 15.9 Å². The summed E-state index contributed by atoms with van der Waals surface area (Å²) < 4.78 is 2.18. The van der Waals surface area contributed by atoms with Crippen LogP contribution in [-0.4, -0.2) is 84.9 Å². The number of Topliss-reactive ketones (excluding diaryl/α,β-unsaturated/α-hetero) is 1. The van der Waals surface area contributed by atoms with E-state index in [-0.39, 0.29) is 47.2 Å². The molecule has 222 valence electrons. The molecule has 1 aromatic carbocycles. The highest BCUT2D eigenvalue weighted by Crippen LogP contribution is 2.64. The normalized spacial score (nSPS) is 22.6. The number of rotatable bonds is 8. The highest BCUT2D eigenvalue weighted by molar-refractivity contribution is 9.10. The first-order chi connectivity index (χ1) is 20.5. The summed E-state index contributed by atoms with van der Waals surface area (Å²) in [5.41, 5.74) is 2.44. The number of aryl methyl sites for hydroxylation is 1. The summed E-state index contributed by atoms with van der Waals surface area (Å²) in [5, 5.41) is 8.14. The van der Waals surface area contributed by atoms with E-state index >= 15 is 0 Å². The maximum atomic E-state index is 14.1. The monoisotopic (exact) mass is 644 g/mol. The number of piperidine rings is 1. The van der Waals surface area contributed by atoms with E-state index in [2.05, 4.69) is 53.1 Å². The van der Waals surface area contributed by atoms with Crippen molar-refractivity contribution >= 4 is 50.2 Å². The first kappa shape index (κ1) is 29.1. The van der Waals surface area contributed by atoms with Crippen molar-refractivity contribution in [1.82, 2.24) is 34.5 Å². The van der Waals surface area contributed by atoms with Gasteiger partial charge in [-0.3, -0.25) is 19.1 Å². The molecule has 4 atom stereocenters. The van der Waals surface area contributed by atoms with E-state index in [4.69, 9.17) is 0 Å². The molecule has 0 radical (unpaired) electrons. The molecule has 4 heterocycles. The summed E-state index contributed by atoms with van der Waals surface area (Å²) in [6.07, 6.45) is 4.04. The Morgan fingerprint density at radius 2 is 1.86 bits per heavy atom. The lowest BCUT2D eigenvalue weighted by molar-refractivity contribution is -0.138. The van der Waals surface area contributed by atoms with Gasteiger partial charge in [-0.1, -0.05) is 19.1 Å². The molecule has 1 aliphatic heterocycles. The lowest BCUT2D eigenvalue weighted by Crippen LogP contribution is -2.47. The number of amides is 2. The number of carbonyl (C=O) groups excluding carboxylic acids is 3. The van der Waals surface area contributed by atoms with Gasteiger partial charge in [0.05, 0.1) is 5.52 Å². The van der Waals surface area contributed by atoms with Crippen LogP contribution in [0.5, 0.6) is 0 Å². The predicted octanol–water partition coefficient (Wildman–Crippen LogP) is 3.97. The zero-order valence-electron chi connectivity index (χ0n) is 24.7. The topological polar surface area (TPSA) is 126 Å². The Kier molecular flexibility index (Phi) is 7.37. The van der Waals surface area contributed by atoms with Crippen LogP contribution < -0.4 is 5.32 Å². The van der Waals surface area contributed by atoms with Crippen molar-refractivity contribution in [1.29, 1.82) is 0 Å². The van der Waals surface area contributed by atoms with E-state index in [1.807, 2.05) is 39.2 Å². The summed E-state index contributed by atoms with van der Waals surface area (Å²) >= 11 is 3.35. The highest BCUT2D eigenvalue weighted by atomic mass is 79.9. The fourth-order valence-corrected chi connectivity index (χ4v) is 7.11. The van der Waals surface area contributed by atoms with Gasteiger partial charge in [0.15, 0.2) is 5.78 Å². The number of aromatic nitrogens is 5. The molecule has 1 aliphatic carbocycles. The number of carbonyl (C=O) groups is 3. The van der Waals surface area contributed by atoms with Crippen molar-refractivity contribution in [2.45, 2.75) is 45.8 Å². The van der Waals surface area contributed by atoms with Crippen LogP contribution in [0.1, 0.15) is 36.6 Å². The largest absolute Gasteiger partial charge is 0.325 e. The van der Waals surface area contributed by atoms with Gasteiger partial charge in [-0.05, 0) is 79.1 Å². The fourth-order valence-electron chi connectivity index (χ4n) is 6.77. The van der Waals surface area contributed by atoms with E-state index < -0.39 is 6.04 Å². The van der Waals surface area contributed by atoms with Gasteiger partial charge < -0.3 is 15.1 Å². The molecular formula is C31H33BrN8O3. The second-order valence-corrected chi connectivity index (χ2v) is 12.7. The van der Waals surface area contributed by atoms with Crippen molar-refractivity contribution in [3.05, 3.63) is 64.9 Å². The van der Waals surface area contributed by atoms with Crippen molar-refractivity contribution in [3.63, 3.8) is 0 Å². The Morgan fingerprint density at radius 1 is 1.12 bits per heavy atom. The molecule has 12 heteroatoms.